The van der Waals surface area contributed by atoms with E-state index in [2.05, 4.69) is 10.6 Å². The molecule has 1 aliphatic heterocycles. The maximum absolute atomic E-state index is 12.0. The number of hydrogen-bond donors (Lipinski definition) is 2. The molecule has 0 aromatic heterocycles. The van der Waals surface area contributed by atoms with Crippen LogP contribution in [0.1, 0.15) is 28.8 Å². The van der Waals surface area contributed by atoms with Crippen LogP contribution in [0.25, 0.3) is 0 Å². The number of benzene rings is 1. The van der Waals surface area contributed by atoms with Crippen molar-refractivity contribution >= 4 is 11.6 Å². The molecule has 0 bridgehead atoms. The van der Waals surface area contributed by atoms with E-state index in [1.807, 2.05) is 0 Å². The smallest absolute Gasteiger partial charge is 0.273 e. The first kappa shape index (κ1) is 14.5. The summed E-state index contributed by atoms with van der Waals surface area (Å²) in [7, 11) is 0. The Labute approximate surface area is 117 Å². The van der Waals surface area contributed by atoms with Crippen molar-refractivity contribution in [1.82, 2.24) is 10.6 Å². The molecule has 1 amide bonds. The summed E-state index contributed by atoms with van der Waals surface area (Å²) in [6.07, 6.45) is 2.22. The first-order chi connectivity index (χ1) is 9.58. The Hall–Kier alpha value is -1.95. The molecule has 1 heterocycles. The summed E-state index contributed by atoms with van der Waals surface area (Å²) in [6, 6.07) is 4.57. The van der Waals surface area contributed by atoms with Gasteiger partial charge >= 0.3 is 0 Å². The average Bonchev–Trinajstić information content (AvgIpc) is 2.46. The number of hydrogen-bond acceptors (Lipinski definition) is 4. The first-order valence-corrected chi connectivity index (χ1v) is 6.82. The summed E-state index contributed by atoms with van der Waals surface area (Å²) < 4.78 is 0. The second-order valence-corrected chi connectivity index (χ2v) is 5.18. The lowest BCUT2D eigenvalue weighted by Crippen LogP contribution is -2.38. The van der Waals surface area contributed by atoms with Crippen LogP contribution in [0.3, 0.4) is 0 Å². The fourth-order valence-electron chi connectivity index (χ4n) is 2.38. The molecule has 1 fully saturated rings. The Morgan fingerprint density at radius 1 is 1.55 bits per heavy atom. The van der Waals surface area contributed by atoms with Crippen molar-refractivity contribution in [2.45, 2.75) is 19.8 Å². The van der Waals surface area contributed by atoms with Crippen molar-refractivity contribution in [2.24, 2.45) is 5.92 Å². The van der Waals surface area contributed by atoms with Gasteiger partial charge in [-0.15, -0.1) is 0 Å². The molecule has 1 saturated heterocycles. The highest BCUT2D eigenvalue weighted by atomic mass is 16.6. The quantitative estimate of drug-likeness (QED) is 0.647. The second-order valence-electron chi connectivity index (χ2n) is 5.18. The zero-order valence-corrected chi connectivity index (χ0v) is 11.5. The van der Waals surface area contributed by atoms with Gasteiger partial charge in [0.05, 0.1) is 4.92 Å². The molecular weight excluding hydrogens is 258 g/mol. The largest absolute Gasteiger partial charge is 0.352 e. The lowest BCUT2D eigenvalue weighted by Gasteiger charge is -2.22. The Morgan fingerprint density at radius 2 is 2.35 bits per heavy atom. The van der Waals surface area contributed by atoms with Gasteiger partial charge in [0.1, 0.15) is 0 Å². The van der Waals surface area contributed by atoms with Crippen molar-refractivity contribution in [2.75, 3.05) is 19.6 Å². The number of carbonyl (C=O) groups excluding carboxylic acids is 1. The highest BCUT2D eigenvalue weighted by Gasteiger charge is 2.17. The van der Waals surface area contributed by atoms with Crippen LogP contribution in [0.15, 0.2) is 18.2 Å². The molecule has 1 aliphatic rings. The Kier molecular flexibility index (Phi) is 4.68. The molecule has 1 unspecified atom stereocenters. The maximum Gasteiger partial charge on any atom is 0.273 e. The molecule has 2 N–H and O–H groups in total. The molecule has 0 spiro atoms. The van der Waals surface area contributed by atoms with Crippen LogP contribution in [0.5, 0.6) is 0 Å². The average molecular weight is 277 g/mol. The summed E-state index contributed by atoms with van der Waals surface area (Å²) in [6.45, 7) is 4.21. The third kappa shape index (κ3) is 3.54. The van der Waals surface area contributed by atoms with Crippen LogP contribution < -0.4 is 10.6 Å². The van der Waals surface area contributed by atoms with Crippen LogP contribution in [-0.4, -0.2) is 30.5 Å². The Balaban J connectivity index is 1.98. The minimum Gasteiger partial charge on any atom is -0.352 e. The second kappa shape index (κ2) is 6.47. The SMILES string of the molecule is Cc1ccc(C(=O)NCC2CCCNC2)cc1[N+](=O)[O-]. The van der Waals surface area contributed by atoms with Gasteiger partial charge in [0, 0.05) is 23.7 Å². The zero-order chi connectivity index (χ0) is 14.5. The molecule has 108 valence electrons. The summed E-state index contributed by atoms with van der Waals surface area (Å²) >= 11 is 0. The molecule has 0 saturated carbocycles. The summed E-state index contributed by atoms with van der Waals surface area (Å²) in [5, 5.41) is 17.0. The van der Waals surface area contributed by atoms with Gasteiger partial charge in [-0.25, -0.2) is 0 Å². The van der Waals surface area contributed by atoms with E-state index < -0.39 is 4.92 Å². The van der Waals surface area contributed by atoms with Crippen LogP contribution in [0.4, 0.5) is 5.69 Å². The number of nitro groups is 1. The molecular formula is C14H19N3O3. The Morgan fingerprint density at radius 3 is 3.00 bits per heavy atom. The third-order valence-electron chi connectivity index (χ3n) is 3.62. The number of aryl methyl sites for hydroxylation is 1. The van der Waals surface area contributed by atoms with Crippen molar-refractivity contribution < 1.29 is 9.72 Å². The number of piperidine rings is 1. The van der Waals surface area contributed by atoms with Crippen molar-refractivity contribution in [1.29, 1.82) is 0 Å². The predicted octanol–water partition coefficient (Wildman–Crippen LogP) is 1.63. The number of rotatable bonds is 4. The molecule has 1 aromatic carbocycles. The van der Waals surface area contributed by atoms with Gasteiger partial charge in [0.15, 0.2) is 0 Å². The van der Waals surface area contributed by atoms with Crippen LogP contribution >= 0.6 is 0 Å². The van der Waals surface area contributed by atoms with Crippen LogP contribution in [0.2, 0.25) is 0 Å². The van der Waals surface area contributed by atoms with Gasteiger partial charge in [-0.05, 0) is 44.8 Å². The van der Waals surface area contributed by atoms with E-state index in [9.17, 15) is 14.9 Å². The van der Waals surface area contributed by atoms with Gasteiger partial charge in [0.25, 0.3) is 11.6 Å². The topological polar surface area (TPSA) is 84.3 Å². The lowest BCUT2D eigenvalue weighted by atomic mass is 9.99. The van der Waals surface area contributed by atoms with E-state index in [-0.39, 0.29) is 11.6 Å². The number of amides is 1. The molecule has 2 rings (SSSR count). The minimum atomic E-state index is -0.461. The van der Waals surface area contributed by atoms with Crippen molar-refractivity contribution in [3.05, 3.63) is 39.4 Å². The van der Waals surface area contributed by atoms with E-state index in [1.54, 1.807) is 19.1 Å². The van der Waals surface area contributed by atoms with Crippen molar-refractivity contribution in [3.8, 4) is 0 Å². The molecule has 1 aromatic rings. The van der Waals surface area contributed by atoms with E-state index in [0.717, 1.165) is 25.9 Å². The fraction of sp³-hybridized carbons (Fsp3) is 0.500. The fourth-order valence-corrected chi connectivity index (χ4v) is 2.38. The van der Waals surface area contributed by atoms with Gasteiger partial charge in [-0.1, -0.05) is 6.07 Å². The minimum absolute atomic E-state index is 0.0167. The van der Waals surface area contributed by atoms with E-state index in [1.165, 1.54) is 6.07 Å². The monoisotopic (exact) mass is 277 g/mol. The number of carbonyl (C=O) groups is 1. The van der Waals surface area contributed by atoms with Gasteiger partial charge in [-0.2, -0.15) is 0 Å². The van der Waals surface area contributed by atoms with E-state index in [0.29, 0.717) is 23.6 Å². The predicted molar refractivity (Wildman–Crippen MR) is 75.8 cm³/mol. The normalized spacial score (nSPS) is 18.6. The summed E-state index contributed by atoms with van der Waals surface area (Å²) in [4.78, 5) is 22.4. The van der Waals surface area contributed by atoms with Crippen LogP contribution in [0, 0.1) is 23.0 Å². The van der Waals surface area contributed by atoms with Gasteiger partial charge in [0.2, 0.25) is 0 Å². The molecule has 1 atom stereocenters. The van der Waals surface area contributed by atoms with Gasteiger partial charge < -0.3 is 10.6 Å². The first-order valence-electron chi connectivity index (χ1n) is 6.82. The number of nitro benzene ring substituents is 1. The number of nitrogens with one attached hydrogen (secondary N) is 2. The summed E-state index contributed by atoms with van der Waals surface area (Å²) in [5.74, 6) is 0.187. The lowest BCUT2D eigenvalue weighted by molar-refractivity contribution is -0.385. The third-order valence-corrected chi connectivity index (χ3v) is 3.62. The standard InChI is InChI=1S/C14H19N3O3/c1-10-4-5-12(7-13(10)17(19)20)14(18)16-9-11-3-2-6-15-8-11/h4-5,7,11,15H,2-3,6,8-9H2,1H3,(H,16,18). The molecule has 0 aliphatic carbocycles. The number of nitrogens with zero attached hydrogens (tertiary/aromatic N) is 1. The Bertz CT molecular complexity index is 510. The highest BCUT2D eigenvalue weighted by Crippen LogP contribution is 2.19. The van der Waals surface area contributed by atoms with E-state index in [4.69, 9.17) is 0 Å². The van der Waals surface area contributed by atoms with Gasteiger partial charge in [-0.3, -0.25) is 14.9 Å². The van der Waals surface area contributed by atoms with Crippen LogP contribution in [-0.2, 0) is 0 Å². The maximum atomic E-state index is 12.0. The molecule has 6 heteroatoms. The zero-order valence-electron chi connectivity index (χ0n) is 11.5. The molecule has 6 nitrogen and oxygen atoms in total. The van der Waals surface area contributed by atoms with Crippen molar-refractivity contribution in [3.63, 3.8) is 0 Å². The molecule has 20 heavy (non-hydrogen) atoms. The van der Waals surface area contributed by atoms with E-state index >= 15 is 0 Å². The summed E-state index contributed by atoms with van der Waals surface area (Å²) in [5.41, 5.74) is 0.881. The highest BCUT2D eigenvalue weighted by molar-refractivity contribution is 5.94. The molecule has 0 radical (unpaired) electrons.